The van der Waals surface area contributed by atoms with Gasteiger partial charge in [-0.3, -0.25) is 20.6 Å². The van der Waals surface area contributed by atoms with Crippen molar-refractivity contribution in [3.8, 4) is 0 Å². The van der Waals surface area contributed by atoms with Gasteiger partial charge in [0.05, 0.1) is 0 Å². The van der Waals surface area contributed by atoms with E-state index in [0.29, 0.717) is 12.5 Å². The van der Waals surface area contributed by atoms with Crippen LogP contribution in [0.1, 0.15) is 0 Å². The Morgan fingerprint density at radius 3 is 2.92 bits per heavy atom. The van der Waals surface area contributed by atoms with Crippen LogP contribution in [0.3, 0.4) is 0 Å². The molecule has 1 saturated heterocycles. The van der Waals surface area contributed by atoms with Crippen LogP contribution in [0.4, 0.5) is 0 Å². The number of hydrogen-bond acceptors (Lipinski definition) is 4. The zero-order chi connectivity index (χ0) is 9.84. The molecular weight excluding hydrogens is 172 g/mol. The SMILES string of the molecule is CN=C(NN)NC1CN(C)NC1=O. The van der Waals surface area contributed by atoms with E-state index in [0.717, 1.165) is 0 Å². The molecule has 0 aliphatic carbocycles. The van der Waals surface area contributed by atoms with Crippen molar-refractivity contribution in [1.29, 1.82) is 0 Å². The van der Waals surface area contributed by atoms with Crippen LogP contribution in [0.5, 0.6) is 0 Å². The first-order valence-corrected chi connectivity index (χ1v) is 3.89. The predicted octanol–water partition coefficient (Wildman–Crippen LogP) is -2.63. The number of hydrogen-bond donors (Lipinski definition) is 4. The molecule has 7 nitrogen and oxygen atoms in total. The summed E-state index contributed by atoms with van der Waals surface area (Å²) in [5.74, 6) is 5.47. The number of hydrazine groups is 2. The molecule has 0 aromatic heterocycles. The van der Waals surface area contributed by atoms with E-state index >= 15 is 0 Å². The van der Waals surface area contributed by atoms with Gasteiger partial charge in [0.2, 0.25) is 5.96 Å². The summed E-state index contributed by atoms with van der Waals surface area (Å²) in [5.41, 5.74) is 4.98. The van der Waals surface area contributed by atoms with Crippen molar-refractivity contribution in [2.24, 2.45) is 10.8 Å². The Labute approximate surface area is 76.3 Å². The number of carbonyl (C=O) groups excluding carboxylic acids is 1. The summed E-state index contributed by atoms with van der Waals surface area (Å²) >= 11 is 0. The van der Waals surface area contributed by atoms with Crippen LogP contribution in [0.15, 0.2) is 4.99 Å². The fraction of sp³-hybridized carbons (Fsp3) is 0.667. The minimum absolute atomic E-state index is 0.0844. The third kappa shape index (κ3) is 2.30. The average Bonchev–Trinajstić information content (AvgIpc) is 2.41. The fourth-order valence-electron chi connectivity index (χ4n) is 1.12. The fourth-order valence-corrected chi connectivity index (χ4v) is 1.12. The summed E-state index contributed by atoms with van der Waals surface area (Å²) in [6, 6.07) is -0.306. The Bertz CT molecular complexity index is 227. The summed E-state index contributed by atoms with van der Waals surface area (Å²) in [6.07, 6.45) is 0. The van der Waals surface area contributed by atoms with Gasteiger partial charge in [-0.2, -0.15) is 0 Å². The van der Waals surface area contributed by atoms with Crippen molar-refractivity contribution < 1.29 is 4.79 Å². The van der Waals surface area contributed by atoms with E-state index in [1.807, 2.05) is 0 Å². The minimum atomic E-state index is -0.306. The Morgan fingerprint density at radius 2 is 2.54 bits per heavy atom. The minimum Gasteiger partial charge on any atom is -0.342 e. The number of amides is 1. The van der Waals surface area contributed by atoms with Gasteiger partial charge in [0, 0.05) is 20.6 Å². The average molecular weight is 186 g/mol. The first-order chi connectivity index (χ1) is 6.17. The summed E-state index contributed by atoms with van der Waals surface area (Å²) < 4.78 is 0. The second kappa shape index (κ2) is 4.06. The molecule has 0 saturated carbocycles. The lowest BCUT2D eigenvalue weighted by Gasteiger charge is -2.11. The molecule has 1 fully saturated rings. The lowest BCUT2D eigenvalue weighted by Crippen LogP contribution is -2.49. The molecular formula is C6H14N6O. The highest BCUT2D eigenvalue weighted by Gasteiger charge is 2.28. The number of likely N-dealkylation sites (N-methyl/N-ethyl adjacent to an activating group) is 1. The highest BCUT2D eigenvalue weighted by atomic mass is 16.2. The third-order valence-electron chi connectivity index (χ3n) is 1.75. The van der Waals surface area contributed by atoms with E-state index in [-0.39, 0.29) is 11.9 Å². The second-order valence-electron chi connectivity index (χ2n) is 2.77. The number of nitrogens with two attached hydrogens (primary N) is 1. The molecule has 1 rings (SSSR count). The Morgan fingerprint density at radius 1 is 1.85 bits per heavy atom. The molecule has 0 aromatic rings. The molecule has 0 bridgehead atoms. The maximum absolute atomic E-state index is 11.2. The van der Waals surface area contributed by atoms with E-state index in [9.17, 15) is 4.79 Å². The van der Waals surface area contributed by atoms with Crippen LogP contribution >= 0.6 is 0 Å². The molecule has 1 unspecified atom stereocenters. The molecule has 13 heavy (non-hydrogen) atoms. The van der Waals surface area contributed by atoms with Crippen molar-refractivity contribution in [3.63, 3.8) is 0 Å². The molecule has 5 N–H and O–H groups in total. The van der Waals surface area contributed by atoms with E-state index in [1.54, 1.807) is 19.1 Å². The number of rotatable bonds is 1. The number of nitrogens with zero attached hydrogens (tertiary/aromatic N) is 2. The van der Waals surface area contributed by atoms with Gasteiger partial charge in [-0.05, 0) is 0 Å². The number of guanidine groups is 1. The lowest BCUT2D eigenvalue weighted by atomic mass is 10.3. The van der Waals surface area contributed by atoms with Crippen molar-refractivity contribution in [2.75, 3.05) is 20.6 Å². The largest absolute Gasteiger partial charge is 0.342 e. The van der Waals surface area contributed by atoms with Gasteiger partial charge in [-0.1, -0.05) is 0 Å². The van der Waals surface area contributed by atoms with Crippen LogP contribution in [0, 0.1) is 0 Å². The molecule has 0 aromatic carbocycles. The molecule has 1 aliphatic heterocycles. The second-order valence-corrected chi connectivity index (χ2v) is 2.77. The van der Waals surface area contributed by atoms with Gasteiger partial charge in [-0.25, -0.2) is 10.9 Å². The van der Waals surface area contributed by atoms with Gasteiger partial charge >= 0.3 is 0 Å². The number of nitrogens with one attached hydrogen (secondary N) is 3. The van der Waals surface area contributed by atoms with E-state index in [1.165, 1.54) is 0 Å². The summed E-state index contributed by atoms with van der Waals surface area (Å²) in [6.45, 7) is 0.583. The van der Waals surface area contributed by atoms with Crippen molar-refractivity contribution >= 4 is 11.9 Å². The highest BCUT2D eigenvalue weighted by molar-refractivity contribution is 5.89. The molecule has 1 atom stereocenters. The van der Waals surface area contributed by atoms with Crippen molar-refractivity contribution in [1.82, 2.24) is 21.2 Å². The van der Waals surface area contributed by atoms with E-state index in [2.05, 4.69) is 21.2 Å². The number of aliphatic imine (C=N–C) groups is 1. The van der Waals surface area contributed by atoms with Gasteiger partial charge in [0.1, 0.15) is 6.04 Å². The maximum Gasteiger partial charge on any atom is 0.258 e. The molecule has 1 aliphatic rings. The van der Waals surface area contributed by atoms with Crippen molar-refractivity contribution in [3.05, 3.63) is 0 Å². The quantitative estimate of drug-likeness (QED) is 0.155. The smallest absolute Gasteiger partial charge is 0.258 e. The maximum atomic E-state index is 11.2. The summed E-state index contributed by atoms with van der Waals surface area (Å²) in [4.78, 5) is 15.0. The van der Waals surface area contributed by atoms with Gasteiger partial charge < -0.3 is 5.32 Å². The van der Waals surface area contributed by atoms with Gasteiger partial charge in [0.25, 0.3) is 5.91 Å². The van der Waals surface area contributed by atoms with E-state index in [4.69, 9.17) is 5.84 Å². The monoisotopic (exact) mass is 186 g/mol. The van der Waals surface area contributed by atoms with Crippen molar-refractivity contribution in [2.45, 2.75) is 6.04 Å². The lowest BCUT2D eigenvalue weighted by molar-refractivity contribution is -0.122. The Balaban J connectivity index is 2.50. The van der Waals surface area contributed by atoms with Crippen LogP contribution in [-0.2, 0) is 4.79 Å². The van der Waals surface area contributed by atoms with Crippen LogP contribution in [0.2, 0.25) is 0 Å². The zero-order valence-corrected chi connectivity index (χ0v) is 7.66. The molecule has 0 radical (unpaired) electrons. The Hall–Kier alpha value is -1.34. The van der Waals surface area contributed by atoms with E-state index < -0.39 is 0 Å². The normalized spacial score (nSPS) is 24.4. The van der Waals surface area contributed by atoms with Gasteiger partial charge in [0.15, 0.2) is 0 Å². The molecule has 1 amide bonds. The van der Waals surface area contributed by atoms with Gasteiger partial charge in [-0.15, -0.1) is 0 Å². The number of carbonyl (C=O) groups is 1. The first kappa shape index (κ1) is 9.75. The predicted molar refractivity (Wildman–Crippen MR) is 48.4 cm³/mol. The van der Waals surface area contributed by atoms with Crippen LogP contribution in [0.25, 0.3) is 0 Å². The summed E-state index contributed by atoms with van der Waals surface area (Å²) in [7, 11) is 3.37. The highest BCUT2D eigenvalue weighted by Crippen LogP contribution is 1.95. The van der Waals surface area contributed by atoms with Crippen LogP contribution in [-0.4, -0.2) is 43.6 Å². The topological polar surface area (TPSA) is 94.8 Å². The Kier molecular flexibility index (Phi) is 3.04. The molecule has 74 valence electrons. The molecule has 0 spiro atoms. The standard InChI is InChI=1S/C6H14N6O/c1-8-6(10-7)9-4-3-12(2)11-5(4)13/h4H,3,7H2,1-2H3,(H,11,13)(H2,8,9,10). The summed E-state index contributed by atoms with van der Waals surface area (Å²) in [5, 5.41) is 4.55. The molecule has 7 heteroatoms. The molecule has 1 heterocycles. The zero-order valence-electron chi connectivity index (χ0n) is 7.66. The van der Waals surface area contributed by atoms with Crippen LogP contribution < -0.4 is 22.0 Å². The first-order valence-electron chi connectivity index (χ1n) is 3.89. The third-order valence-corrected chi connectivity index (χ3v) is 1.75.